The Labute approximate surface area is 162 Å². The number of hydrogen-bond acceptors (Lipinski definition) is 8. The van der Waals surface area contributed by atoms with Gasteiger partial charge in [0.2, 0.25) is 11.8 Å². The Kier molecular flexibility index (Phi) is 5.22. The number of anilines is 1. The maximum absolute atomic E-state index is 12.1. The topological polar surface area (TPSA) is 93.8 Å². The van der Waals surface area contributed by atoms with Crippen molar-refractivity contribution in [2.75, 3.05) is 11.1 Å². The Morgan fingerprint density at radius 1 is 1.11 bits per heavy atom. The third-order valence-corrected chi connectivity index (χ3v) is 5.04. The molecule has 4 rings (SSSR count). The Hall–Kier alpha value is -3.04. The fourth-order valence-corrected chi connectivity index (χ4v) is 3.53. The van der Waals surface area contributed by atoms with Crippen LogP contribution in [0, 0.1) is 0 Å². The van der Waals surface area contributed by atoms with Crippen molar-refractivity contribution < 1.29 is 9.21 Å². The Morgan fingerprint density at radius 3 is 2.78 bits per heavy atom. The molecule has 0 spiro atoms. The van der Waals surface area contributed by atoms with E-state index >= 15 is 0 Å². The van der Waals surface area contributed by atoms with Crippen LogP contribution in [-0.2, 0) is 4.79 Å². The highest BCUT2D eigenvalue weighted by Gasteiger charge is 2.13. The lowest BCUT2D eigenvalue weighted by molar-refractivity contribution is -0.113. The van der Waals surface area contributed by atoms with Gasteiger partial charge in [-0.15, -0.1) is 21.5 Å². The van der Waals surface area contributed by atoms with Crippen LogP contribution in [0.4, 0.5) is 5.13 Å². The summed E-state index contributed by atoms with van der Waals surface area (Å²) in [5, 5.41) is 13.5. The van der Waals surface area contributed by atoms with Crippen LogP contribution in [-0.4, -0.2) is 31.8 Å². The summed E-state index contributed by atoms with van der Waals surface area (Å²) in [5.74, 6) is 0.336. The molecule has 27 heavy (non-hydrogen) atoms. The number of pyridine rings is 1. The number of nitrogens with one attached hydrogen (secondary N) is 1. The molecule has 1 aromatic carbocycles. The van der Waals surface area contributed by atoms with Crippen molar-refractivity contribution in [3.05, 3.63) is 60.2 Å². The number of carbonyl (C=O) groups is 1. The number of aromatic nitrogens is 4. The van der Waals surface area contributed by atoms with Gasteiger partial charge < -0.3 is 9.73 Å². The maximum Gasteiger partial charge on any atom is 0.277 e. The van der Waals surface area contributed by atoms with Gasteiger partial charge in [-0.1, -0.05) is 42.1 Å². The van der Waals surface area contributed by atoms with Crippen LogP contribution >= 0.6 is 23.1 Å². The van der Waals surface area contributed by atoms with E-state index in [2.05, 4.69) is 25.5 Å². The maximum atomic E-state index is 12.1. The molecule has 1 amide bonds. The number of hydrogen-bond donors (Lipinski definition) is 1. The normalized spacial score (nSPS) is 10.7. The molecule has 3 heterocycles. The van der Waals surface area contributed by atoms with Crippen LogP contribution in [0.5, 0.6) is 0 Å². The van der Waals surface area contributed by atoms with Crippen LogP contribution in [0.15, 0.2) is 69.9 Å². The first kappa shape index (κ1) is 17.4. The summed E-state index contributed by atoms with van der Waals surface area (Å²) in [5.41, 5.74) is 2.58. The Balaban J connectivity index is 1.33. The lowest BCUT2D eigenvalue weighted by atomic mass is 10.2. The van der Waals surface area contributed by atoms with E-state index < -0.39 is 0 Å². The molecular formula is C18H13N5O2S2. The number of rotatable bonds is 6. The van der Waals surface area contributed by atoms with E-state index in [-0.39, 0.29) is 11.7 Å². The standard InChI is InChI=1S/C18H13N5O2S2/c24-15(21-17-20-14(10-26-17)12-5-2-1-3-6-12)11-27-18-23-22-16(25-18)13-7-4-8-19-9-13/h1-10H,11H2,(H,20,21,24). The number of nitrogens with zero attached hydrogens (tertiary/aromatic N) is 4. The second-order valence-corrected chi connectivity index (χ2v) is 7.14. The highest BCUT2D eigenvalue weighted by Crippen LogP contribution is 2.25. The predicted octanol–water partition coefficient (Wildman–Crippen LogP) is 3.99. The molecule has 0 fully saturated rings. The van der Waals surface area contributed by atoms with Gasteiger partial charge in [-0.05, 0) is 12.1 Å². The van der Waals surface area contributed by atoms with Crippen molar-refractivity contribution in [1.82, 2.24) is 20.2 Å². The van der Waals surface area contributed by atoms with Gasteiger partial charge >= 0.3 is 0 Å². The summed E-state index contributed by atoms with van der Waals surface area (Å²) < 4.78 is 5.54. The fourth-order valence-electron chi connectivity index (χ4n) is 2.23. The zero-order chi connectivity index (χ0) is 18.5. The molecule has 0 atom stereocenters. The molecule has 0 saturated heterocycles. The first-order chi connectivity index (χ1) is 13.3. The van der Waals surface area contributed by atoms with E-state index in [4.69, 9.17) is 4.42 Å². The van der Waals surface area contributed by atoms with Crippen molar-refractivity contribution in [2.45, 2.75) is 5.22 Å². The van der Waals surface area contributed by atoms with Gasteiger partial charge in [0, 0.05) is 23.3 Å². The van der Waals surface area contributed by atoms with E-state index in [1.165, 1.54) is 23.1 Å². The van der Waals surface area contributed by atoms with Gasteiger partial charge in [0.1, 0.15) is 0 Å². The monoisotopic (exact) mass is 395 g/mol. The highest BCUT2D eigenvalue weighted by atomic mass is 32.2. The van der Waals surface area contributed by atoms with Gasteiger partial charge in [-0.2, -0.15) is 0 Å². The van der Waals surface area contributed by atoms with Crippen LogP contribution in [0.2, 0.25) is 0 Å². The zero-order valence-corrected chi connectivity index (χ0v) is 15.5. The first-order valence-electron chi connectivity index (χ1n) is 7.95. The fraction of sp³-hybridized carbons (Fsp3) is 0.0556. The van der Waals surface area contributed by atoms with Crippen molar-refractivity contribution in [2.24, 2.45) is 0 Å². The smallest absolute Gasteiger partial charge is 0.277 e. The summed E-state index contributed by atoms with van der Waals surface area (Å²) in [7, 11) is 0. The third-order valence-electron chi connectivity index (χ3n) is 3.46. The van der Waals surface area contributed by atoms with Crippen LogP contribution in [0.1, 0.15) is 0 Å². The van der Waals surface area contributed by atoms with E-state index in [0.717, 1.165) is 16.8 Å². The molecule has 0 aliphatic rings. The molecule has 4 aromatic rings. The second-order valence-electron chi connectivity index (χ2n) is 5.36. The van der Waals surface area contributed by atoms with Crippen molar-refractivity contribution in [3.8, 4) is 22.7 Å². The molecule has 0 saturated carbocycles. The van der Waals surface area contributed by atoms with Gasteiger partial charge in [0.25, 0.3) is 5.22 Å². The Morgan fingerprint density at radius 2 is 1.96 bits per heavy atom. The quantitative estimate of drug-likeness (QED) is 0.493. The zero-order valence-electron chi connectivity index (χ0n) is 13.9. The van der Waals surface area contributed by atoms with Crippen LogP contribution in [0.3, 0.4) is 0 Å². The van der Waals surface area contributed by atoms with Gasteiger partial charge in [0.05, 0.1) is 17.0 Å². The molecule has 0 bridgehead atoms. The molecule has 0 aliphatic heterocycles. The minimum Gasteiger partial charge on any atom is -0.411 e. The molecule has 3 aromatic heterocycles. The average molecular weight is 395 g/mol. The summed E-state index contributed by atoms with van der Waals surface area (Å²) in [6, 6.07) is 13.4. The number of carbonyl (C=O) groups excluding carboxylic acids is 1. The molecule has 0 aliphatic carbocycles. The molecule has 0 radical (unpaired) electrons. The van der Waals surface area contributed by atoms with Crippen LogP contribution < -0.4 is 5.32 Å². The number of thioether (sulfide) groups is 1. The largest absolute Gasteiger partial charge is 0.411 e. The number of benzene rings is 1. The minimum atomic E-state index is -0.185. The van der Waals surface area contributed by atoms with Crippen molar-refractivity contribution >= 4 is 34.1 Å². The van der Waals surface area contributed by atoms with Gasteiger partial charge in [-0.3, -0.25) is 9.78 Å². The SMILES string of the molecule is O=C(CSc1nnc(-c2cccnc2)o1)Nc1nc(-c2ccccc2)cs1. The molecule has 134 valence electrons. The van der Waals surface area contributed by atoms with E-state index in [1.54, 1.807) is 18.5 Å². The summed E-state index contributed by atoms with van der Waals surface area (Å²) in [6.07, 6.45) is 3.31. The van der Waals surface area contributed by atoms with E-state index in [9.17, 15) is 4.79 Å². The third kappa shape index (κ3) is 4.39. The molecule has 1 N–H and O–H groups in total. The van der Waals surface area contributed by atoms with E-state index in [0.29, 0.717) is 16.2 Å². The summed E-state index contributed by atoms with van der Waals surface area (Å²) in [4.78, 5) is 20.6. The molecule has 9 heteroatoms. The lowest BCUT2D eigenvalue weighted by Crippen LogP contribution is -2.13. The van der Waals surface area contributed by atoms with Gasteiger partial charge in [0.15, 0.2) is 5.13 Å². The number of amides is 1. The summed E-state index contributed by atoms with van der Waals surface area (Å²) >= 11 is 2.56. The average Bonchev–Trinajstić information content (AvgIpc) is 3.37. The second kappa shape index (κ2) is 8.11. The first-order valence-corrected chi connectivity index (χ1v) is 9.82. The lowest BCUT2D eigenvalue weighted by Gasteiger charge is -1.99. The Bertz CT molecular complexity index is 1030. The summed E-state index contributed by atoms with van der Waals surface area (Å²) in [6.45, 7) is 0. The van der Waals surface area contributed by atoms with Crippen molar-refractivity contribution in [3.63, 3.8) is 0 Å². The van der Waals surface area contributed by atoms with E-state index in [1.807, 2.05) is 41.8 Å². The number of thiazole rings is 1. The molecule has 7 nitrogen and oxygen atoms in total. The van der Waals surface area contributed by atoms with Gasteiger partial charge in [-0.25, -0.2) is 4.98 Å². The van der Waals surface area contributed by atoms with Crippen molar-refractivity contribution in [1.29, 1.82) is 0 Å². The van der Waals surface area contributed by atoms with Crippen LogP contribution in [0.25, 0.3) is 22.7 Å². The molecular weight excluding hydrogens is 382 g/mol. The molecule has 0 unspecified atom stereocenters. The minimum absolute atomic E-state index is 0.148. The predicted molar refractivity (Wildman–Crippen MR) is 104 cm³/mol. The highest BCUT2D eigenvalue weighted by molar-refractivity contribution is 7.99.